The highest BCUT2D eigenvalue weighted by atomic mass is 16.5. The van der Waals surface area contributed by atoms with E-state index in [9.17, 15) is 24.0 Å². The molecule has 1 unspecified atom stereocenters. The molecule has 0 bridgehead atoms. The Balaban J connectivity index is -0.000000304. The zero-order valence-electron chi connectivity index (χ0n) is 33.6. The first-order valence-corrected chi connectivity index (χ1v) is 17.9. The maximum absolute atomic E-state index is 11.5. The highest BCUT2D eigenvalue weighted by Gasteiger charge is 2.17. The van der Waals surface area contributed by atoms with Crippen LogP contribution in [0.15, 0.2) is 60.7 Å². The minimum Gasteiger partial charge on any atom is -0.453 e. The molecule has 0 radical (unpaired) electrons. The summed E-state index contributed by atoms with van der Waals surface area (Å²) in [6.07, 6.45) is 0.671. The minimum atomic E-state index is -0.532. The van der Waals surface area contributed by atoms with Gasteiger partial charge in [0.1, 0.15) is 17.3 Å². The number of hydrogen-bond acceptors (Lipinski definition) is 8. The molecule has 0 aliphatic carbocycles. The molecule has 2 aromatic rings. The molecule has 2 N–H and O–H groups in total. The van der Waals surface area contributed by atoms with Crippen LogP contribution in [-0.4, -0.2) is 73.8 Å². The lowest BCUT2D eigenvalue weighted by Crippen LogP contribution is -2.37. The van der Waals surface area contributed by atoms with Crippen LogP contribution in [0.5, 0.6) is 0 Å². The van der Waals surface area contributed by atoms with E-state index in [0.29, 0.717) is 19.3 Å². The van der Waals surface area contributed by atoms with Crippen LogP contribution in [0.2, 0.25) is 0 Å². The highest BCUT2D eigenvalue weighted by Crippen LogP contribution is 2.16. The Bertz CT molecular complexity index is 1110. The van der Waals surface area contributed by atoms with Gasteiger partial charge in [0.25, 0.3) is 0 Å². The van der Waals surface area contributed by atoms with E-state index in [1.54, 1.807) is 6.92 Å². The molecule has 2 rings (SSSR count). The van der Waals surface area contributed by atoms with E-state index in [-0.39, 0.29) is 41.9 Å². The topological polar surface area (TPSA) is 131 Å². The largest absolute Gasteiger partial charge is 0.453 e. The lowest BCUT2D eigenvalue weighted by molar-refractivity contribution is -0.121. The summed E-state index contributed by atoms with van der Waals surface area (Å²) >= 11 is 0. The standard InChI is InChI=1S/C14H19NO3.C12H15NO3.C8H17NO.3C2H6/c1-3-13(16)10-12(15-14(17)18-2)9-11-7-5-4-6-8-11;1-9(14)8-11(13-12(15)16-2)10-6-4-3-5-7-10;1-5-9(6-2)7(3)8(4)10;3*1-2/h4-8,12H,3,9-10H2,1-2H3,(H,15,17);3-7,11H,8H2,1-2H3,(H,13,15);7H,5-6H2,1-4H3;3*1-2H3/t12-;11-;;;;/m11..../s1. The first kappa shape index (κ1) is 52.8. The Labute approximate surface area is 304 Å². The number of carbonyl (C=O) groups excluding carboxylic acids is 5. The van der Waals surface area contributed by atoms with Crippen LogP contribution >= 0.6 is 0 Å². The number of ether oxygens (including phenoxy) is 2. The summed E-state index contributed by atoms with van der Waals surface area (Å²) < 4.78 is 9.09. The van der Waals surface area contributed by atoms with Crippen LogP contribution in [0.4, 0.5) is 9.59 Å². The van der Waals surface area contributed by atoms with E-state index in [1.165, 1.54) is 21.1 Å². The molecule has 0 fully saturated rings. The zero-order valence-corrected chi connectivity index (χ0v) is 33.6. The Morgan fingerprint density at radius 1 is 0.680 bits per heavy atom. The van der Waals surface area contributed by atoms with Crippen LogP contribution < -0.4 is 10.6 Å². The third-order valence-electron chi connectivity index (χ3n) is 6.82. The Hall–Kier alpha value is -4.05. The van der Waals surface area contributed by atoms with E-state index in [2.05, 4.69) is 38.9 Å². The summed E-state index contributed by atoms with van der Waals surface area (Å²) in [5.41, 5.74) is 1.98. The molecule has 0 aliphatic rings. The number of ketones is 3. The lowest BCUT2D eigenvalue weighted by atomic mass is 10.0. The minimum absolute atomic E-state index is 0.0188. The van der Waals surface area contributed by atoms with Gasteiger partial charge in [-0.25, -0.2) is 9.59 Å². The molecule has 0 saturated heterocycles. The summed E-state index contributed by atoms with van der Waals surface area (Å²) in [6, 6.07) is 18.6. The van der Waals surface area contributed by atoms with Crippen molar-refractivity contribution >= 4 is 29.5 Å². The molecular formula is C40H69N3O7. The molecule has 0 aliphatic heterocycles. The number of benzene rings is 2. The van der Waals surface area contributed by atoms with Crippen LogP contribution in [0, 0.1) is 0 Å². The van der Waals surface area contributed by atoms with Gasteiger partial charge in [0.15, 0.2) is 0 Å². The average molecular weight is 704 g/mol. The molecule has 2 aromatic carbocycles. The van der Waals surface area contributed by atoms with Crippen LogP contribution in [0.3, 0.4) is 0 Å². The number of alkyl carbamates (subject to hydrolysis) is 2. The number of amides is 2. The maximum Gasteiger partial charge on any atom is 0.407 e. The predicted octanol–water partition coefficient (Wildman–Crippen LogP) is 8.77. The number of Topliss-reactive ketones (excluding diaryl/α,β-unsaturated/α-hetero) is 3. The van der Waals surface area contributed by atoms with Gasteiger partial charge in [-0.05, 0) is 51.4 Å². The lowest BCUT2D eigenvalue weighted by Gasteiger charge is -2.23. The maximum atomic E-state index is 11.5. The number of methoxy groups -OCH3 is 2. The van der Waals surface area contributed by atoms with Crippen molar-refractivity contribution in [3.8, 4) is 0 Å². The second kappa shape index (κ2) is 36.2. The highest BCUT2D eigenvalue weighted by molar-refractivity contribution is 5.81. The van der Waals surface area contributed by atoms with E-state index in [4.69, 9.17) is 0 Å². The fourth-order valence-electron chi connectivity index (χ4n) is 4.17. The molecule has 0 heterocycles. The van der Waals surface area contributed by atoms with Crippen molar-refractivity contribution in [2.75, 3.05) is 27.3 Å². The number of rotatable bonds is 14. The smallest absolute Gasteiger partial charge is 0.407 e. The summed E-state index contributed by atoms with van der Waals surface area (Å²) in [5.74, 6) is 0.404. The SMILES string of the molecule is CC.CC.CC.CCC(=O)C[C@@H](Cc1ccccc1)NC(=O)OC.CCN(CC)C(C)C(C)=O.COC(=O)N[C@H](CC(C)=O)c1ccccc1. The zero-order chi connectivity index (χ0) is 39.5. The predicted molar refractivity (Wildman–Crippen MR) is 207 cm³/mol. The van der Waals surface area contributed by atoms with Crippen LogP contribution in [0.25, 0.3) is 0 Å². The van der Waals surface area contributed by atoms with Crippen LogP contribution in [0.1, 0.15) is 120 Å². The second-order valence-electron chi connectivity index (χ2n) is 10.1. The van der Waals surface area contributed by atoms with E-state index in [0.717, 1.165) is 24.2 Å². The quantitative estimate of drug-likeness (QED) is 0.200. The Morgan fingerprint density at radius 2 is 1.12 bits per heavy atom. The van der Waals surface area contributed by atoms with Crippen molar-refractivity contribution in [3.05, 3.63) is 71.8 Å². The van der Waals surface area contributed by atoms with Crippen molar-refractivity contribution in [3.63, 3.8) is 0 Å². The molecule has 10 nitrogen and oxygen atoms in total. The van der Waals surface area contributed by atoms with E-state index < -0.39 is 12.2 Å². The van der Waals surface area contributed by atoms with Crippen molar-refractivity contribution in [2.45, 2.75) is 127 Å². The summed E-state index contributed by atoms with van der Waals surface area (Å²) in [5, 5.41) is 5.33. The molecule has 50 heavy (non-hydrogen) atoms. The van der Waals surface area contributed by atoms with Gasteiger partial charge in [-0.1, -0.05) is 123 Å². The molecule has 10 heteroatoms. The van der Waals surface area contributed by atoms with Crippen molar-refractivity contribution in [1.82, 2.24) is 15.5 Å². The van der Waals surface area contributed by atoms with Gasteiger partial charge < -0.3 is 20.1 Å². The van der Waals surface area contributed by atoms with Crippen molar-refractivity contribution < 1.29 is 33.4 Å². The number of carbonyl (C=O) groups is 5. The van der Waals surface area contributed by atoms with Gasteiger partial charge in [0.2, 0.25) is 0 Å². The van der Waals surface area contributed by atoms with E-state index in [1.807, 2.05) is 116 Å². The first-order chi connectivity index (χ1) is 23.9. The second-order valence-corrected chi connectivity index (χ2v) is 10.1. The normalized spacial score (nSPS) is 11.0. The third kappa shape index (κ3) is 27.9. The first-order valence-electron chi connectivity index (χ1n) is 17.9. The fraction of sp³-hybridized carbons (Fsp3) is 0.575. The van der Waals surface area contributed by atoms with Gasteiger partial charge in [0.05, 0.1) is 26.3 Å². The van der Waals surface area contributed by atoms with E-state index >= 15 is 0 Å². The van der Waals surface area contributed by atoms with Gasteiger partial charge in [-0.15, -0.1) is 0 Å². The van der Waals surface area contributed by atoms with Crippen molar-refractivity contribution in [2.24, 2.45) is 0 Å². The molecule has 0 spiro atoms. The monoisotopic (exact) mass is 704 g/mol. The third-order valence-corrected chi connectivity index (χ3v) is 6.82. The Morgan fingerprint density at radius 3 is 1.48 bits per heavy atom. The molecule has 0 aromatic heterocycles. The fourth-order valence-corrected chi connectivity index (χ4v) is 4.17. The summed E-state index contributed by atoms with van der Waals surface area (Å²) in [7, 11) is 2.61. The van der Waals surface area contributed by atoms with Crippen molar-refractivity contribution in [1.29, 1.82) is 0 Å². The molecule has 3 atom stereocenters. The Kier molecular flexibility index (Phi) is 38.2. The van der Waals surface area contributed by atoms with Gasteiger partial charge in [0, 0.05) is 25.3 Å². The van der Waals surface area contributed by atoms with Gasteiger partial charge in [-0.3, -0.25) is 19.3 Å². The molecular weight excluding hydrogens is 634 g/mol. The van der Waals surface area contributed by atoms with Crippen LogP contribution in [-0.2, 0) is 30.3 Å². The molecule has 0 saturated carbocycles. The number of hydrogen-bond donors (Lipinski definition) is 2. The summed E-state index contributed by atoms with van der Waals surface area (Å²) in [6.45, 7) is 25.0. The molecule has 286 valence electrons. The number of nitrogens with one attached hydrogen (secondary N) is 2. The average Bonchev–Trinajstić information content (AvgIpc) is 3.15. The van der Waals surface area contributed by atoms with Gasteiger partial charge in [-0.2, -0.15) is 0 Å². The summed E-state index contributed by atoms with van der Waals surface area (Å²) in [4.78, 5) is 58.0. The number of likely N-dealkylation sites (N-methyl/N-ethyl adjacent to an activating group) is 1. The number of nitrogens with zero attached hydrogens (tertiary/aromatic N) is 1. The van der Waals surface area contributed by atoms with Gasteiger partial charge >= 0.3 is 12.2 Å². The molecule has 2 amide bonds.